The molecule has 0 radical (unpaired) electrons. The maximum atomic E-state index is 13.3. The molecule has 1 saturated heterocycles. The molecule has 2 rings (SSSR count). The summed E-state index contributed by atoms with van der Waals surface area (Å²) >= 11 is 0. The van der Waals surface area contributed by atoms with Crippen LogP contribution in [0.2, 0.25) is 0 Å². The normalized spacial score (nSPS) is 18.3. The van der Waals surface area contributed by atoms with Crippen LogP contribution in [-0.2, 0) is 0 Å². The zero-order valence-electron chi connectivity index (χ0n) is 10.1. The van der Waals surface area contributed by atoms with E-state index in [1.807, 2.05) is 6.07 Å². The minimum absolute atomic E-state index is 0.0288. The minimum Gasteiger partial charge on any atom is -0.394 e. The summed E-state index contributed by atoms with van der Waals surface area (Å²) in [6.07, 6.45) is 0. The quantitative estimate of drug-likeness (QED) is 0.825. The second kappa shape index (κ2) is 5.91. The molecule has 1 atom stereocenters. The van der Waals surface area contributed by atoms with E-state index >= 15 is 0 Å². The minimum atomic E-state index is -0.516. The van der Waals surface area contributed by atoms with Crippen LogP contribution in [0.5, 0.6) is 0 Å². The van der Waals surface area contributed by atoms with Gasteiger partial charge in [-0.15, -0.1) is 0 Å². The van der Waals surface area contributed by atoms with Gasteiger partial charge in [0.05, 0.1) is 18.2 Å². The fourth-order valence-electron chi connectivity index (χ4n) is 2.26. The Morgan fingerprint density at radius 2 is 2.17 bits per heavy atom. The highest BCUT2D eigenvalue weighted by Crippen LogP contribution is 2.22. The lowest BCUT2D eigenvalue weighted by Gasteiger charge is -2.34. The molecule has 0 aromatic heterocycles. The summed E-state index contributed by atoms with van der Waals surface area (Å²) in [4.78, 5) is 2.14. The molecule has 0 bridgehead atoms. The van der Waals surface area contributed by atoms with Crippen molar-refractivity contribution in [3.63, 3.8) is 0 Å². The maximum absolute atomic E-state index is 13.3. The first-order chi connectivity index (χ1) is 8.76. The van der Waals surface area contributed by atoms with E-state index in [0.717, 1.165) is 31.7 Å². The van der Waals surface area contributed by atoms with Gasteiger partial charge in [-0.25, -0.2) is 4.39 Å². The third kappa shape index (κ3) is 2.67. The molecule has 18 heavy (non-hydrogen) atoms. The Labute approximate surface area is 106 Å². The van der Waals surface area contributed by atoms with E-state index < -0.39 is 5.82 Å². The number of hydrogen-bond acceptors (Lipinski definition) is 4. The van der Waals surface area contributed by atoms with Crippen LogP contribution in [-0.4, -0.2) is 42.8 Å². The number of rotatable bonds is 3. The molecular weight excluding hydrogens is 233 g/mol. The van der Waals surface area contributed by atoms with Crippen molar-refractivity contribution in [2.24, 2.45) is 0 Å². The summed E-state index contributed by atoms with van der Waals surface area (Å²) in [5.41, 5.74) is 0.818. The summed E-state index contributed by atoms with van der Waals surface area (Å²) in [6.45, 7) is 3.40. The van der Waals surface area contributed by atoms with Crippen molar-refractivity contribution >= 4 is 0 Å². The van der Waals surface area contributed by atoms with Gasteiger partial charge in [0.2, 0.25) is 0 Å². The number of benzene rings is 1. The summed E-state index contributed by atoms with van der Waals surface area (Å²) in [5.74, 6) is -0.516. The number of piperazine rings is 1. The molecule has 0 saturated carbocycles. The molecule has 2 N–H and O–H groups in total. The highest BCUT2D eigenvalue weighted by molar-refractivity contribution is 5.35. The van der Waals surface area contributed by atoms with Crippen LogP contribution in [0.15, 0.2) is 18.2 Å². The smallest absolute Gasteiger partial charge is 0.140 e. The van der Waals surface area contributed by atoms with Crippen molar-refractivity contribution in [1.82, 2.24) is 10.2 Å². The van der Waals surface area contributed by atoms with Gasteiger partial charge in [0.15, 0.2) is 0 Å². The van der Waals surface area contributed by atoms with Crippen LogP contribution in [0.1, 0.15) is 17.2 Å². The number of nitrogens with zero attached hydrogens (tertiary/aromatic N) is 2. The Morgan fingerprint density at radius 1 is 1.44 bits per heavy atom. The Morgan fingerprint density at radius 3 is 2.78 bits per heavy atom. The molecule has 4 nitrogen and oxygen atoms in total. The van der Waals surface area contributed by atoms with Gasteiger partial charge in [0, 0.05) is 26.2 Å². The molecule has 0 unspecified atom stereocenters. The fraction of sp³-hybridized carbons (Fsp3) is 0.462. The molecule has 1 heterocycles. The van der Waals surface area contributed by atoms with Crippen molar-refractivity contribution in [2.45, 2.75) is 6.04 Å². The van der Waals surface area contributed by atoms with Crippen LogP contribution in [0.4, 0.5) is 4.39 Å². The Balaban J connectivity index is 2.24. The van der Waals surface area contributed by atoms with Crippen LogP contribution in [0, 0.1) is 17.1 Å². The van der Waals surface area contributed by atoms with Crippen molar-refractivity contribution in [1.29, 1.82) is 5.26 Å². The first-order valence-corrected chi connectivity index (χ1v) is 6.01. The lowest BCUT2D eigenvalue weighted by atomic mass is 10.0. The zero-order chi connectivity index (χ0) is 13.0. The number of nitriles is 1. The van der Waals surface area contributed by atoms with E-state index in [2.05, 4.69) is 10.2 Å². The second-order valence-electron chi connectivity index (χ2n) is 4.34. The first kappa shape index (κ1) is 13.0. The highest BCUT2D eigenvalue weighted by atomic mass is 19.1. The van der Waals surface area contributed by atoms with E-state index in [-0.39, 0.29) is 18.2 Å². The number of hydrogen-bond donors (Lipinski definition) is 2. The lowest BCUT2D eigenvalue weighted by Crippen LogP contribution is -2.46. The van der Waals surface area contributed by atoms with Gasteiger partial charge < -0.3 is 10.4 Å². The van der Waals surface area contributed by atoms with Crippen LogP contribution in [0.25, 0.3) is 0 Å². The molecule has 1 aromatic carbocycles. The summed E-state index contributed by atoms with van der Waals surface area (Å²) in [7, 11) is 0. The van der Waals surface area contributed by atoms with Gasteiger partial charge in [-0.3, -0.25) is 4.90 Å². The molecule has 1 aliphatic heterocycles. The van der Waals surface area contributed by atoms with Crippen LogP contribution in [0.3, 0.4) is 0 Å². The van der Waals surface area contributed by atoms with Gasteiger partial charge in [0.1, 0.15) is 11.9 Å². The molecule has 1 aliphatic rings. The maximum Gasteiger partial charge on any atom is 0.140 e. The van der Waals surface area contributed by atoms with Gasteiger partial charge >= 0.3 is 0 Å². The van der Waals surface area contributed by atoms with E-state index in [4.69, 9.17) is 5.26 Å². The Hall–Kier alpha value is -1.48. The Kier molecular flexibility index (Phi) is 4.26. The highest BCUT2D eigenvalue weighted by Gasteiger charge is 2.22. The summed E-state index contributed by atoms with van der Waals surface area (Å²) < 4.78 is 13.3. The van der Waals surface area contributed by atoms with E-state index in [0.29, 0.717) is 0 Å². The van der Waals surface area contributed by atoms with Crippen LogP contribution < -0.4 is 5.32 Å². The molecule has 1 aromatic rings. The molecule has 96 valence electrons. The number of halogens is 1. The third-order valence-electron chi connectivity index (χ3n) is 3.26. The van der Waals surface area contributed by atoms with Gasteiger partial charge in [0.25, 0.3) is 0 Å². The van der Waals surface area contributed by atoms with Crippen molar-refractivity contribution in [3.8, 4) is 6.07 Å². The molecular formula is C13H16FN3O. The Bertz CT molecular complexity index is 452. The molecule has 0 spiro atoms. The second-order valence-corrected chi connectivity index (χ2v) is 4.34. The molecule has 0 amide bonds. The topological polar surface area (TPSA) is 59.3 Å². The zero-order valence-corrected chi connectivity index (χ0v) is 10.1. The average Bonchev–Trinajstić information content (AvgIpc) is 2.42. The fourth-order valence-corrected chi connectivity index (χ4v) is 2.26. The molecule has 5 heteroatoms. The monoisotopic (exact) mass is 249 g/mol. The number of nitrogens with one attached hydrogen (secondary N) is 1. The standard InChI is InChI=1S/C13H16FN3O/c14-12-2-1-10(7-11(12)8-15)13(9-18)17-5-3-16-4-6-17/h1-2,7,13,16,18H,3-6,9H2/t13-/m0/s1. The van der Waals surface area contributed by atoms with Gasteiger partial charge in [-0.05, 0) is 17.7 Å². The van der Waals surface area contributed by atoms with E-state index in [9.17, 15) is 9.50 Å². The summed E-state index contributed by atoms with van der Waals surface area (Å²) in [6, 6.07) is 6.12. The van der Waals surface area contributed by atoms with Gasteiger partial charge in [-0.2, -0.15) is 5.26 Å². The predicted octanol–water partition coefficient (Wildman–Crippen LogP) is 0.636. The average molecular weight is 249 g/mol. The first-order valence-electron chi connectivity index (χ1n) is 6.01. The number of aliphatic hydroxyl groups excluding tert-OH is 1. The van der Waals surface area contributed by atoms with Crippen molar-refractivity contribution in [2.75, 3.05) is 32.8 Å². The lowest BCUT2D eigenvalue weighted by molar-refractivity contribution is 0.111. The largest absolute Gasteiger partial charge is 0.394 e. The predicted molar refractivity (Wildman–Crippen MR) is 65.4 cm³/mol. The van der Waals surface area contributed by atoms with Crippen molar-refractivity contribution in [3.05, 3.63) is 35.1 Å². The van der Waals surface area contributed by atoms with Crippen molar-refractivity contribution < 1.29 is 9.50 Å². The SMILES string of the molecule is N#Cc1cc([C@H](CO)N2CCNCC2)ccc1F. The molecule has 1 fully saturated rings. The van der Waals surface area contributed by atoms with Gasteiger partial charge in [-0.1, -0.05) is 6.07 Å². The van der Waals surface area contributed by atoms with Crippen LogP contribution >= 0.6 is 0 Å². The van der Waals surface area contributed by atoms with E-state index in [1.54, 1.807) is 6.07 Å². The molecule has 0 aliphatic carbocycles. The summed E-state index contributed by atoms with van der Waals surface area (Å²) in [5, 5.41) is 21.6. The number of aliphatic hydroxyl groups is 1. The third-order valence-corrected chi connectivity index (χ3v) is 3.26. The van der Waals surface area contributed by atoms with E-state index in [1.165, 1.54) is 12.1 Å².